The molecule has 0 spiro atoms. The van der Waals surface area contributed by atoms with E-state index in [0.717, 1.165) is 0 Å². The summed E-state index contributed by atoms with van der Waals surface area (Å²) in [5, 5.41) is 0. The first-order valence-corrected chi connectivity index (χ1v) is 7.23. The molecule has 0 bridgehead atoms. The second-order valence-corrected chi connectivity index (χ2v) is 6.09. The fourth-order valence-electron chi connectivity index (χ4n) is 1.40. The SMILES string of the molecule is Cc1ncc(Br)cc1NS(=O)(=O)N1CCOC1=O. The number of halogens is 1. The summed E-state index contributed by atoms with van der Waals surface area (Å²) in [7, 11) is -3.95. The van der Waals surface area contributed by atoms with Gasteiger partial charge >= 0.3 is 16.3 Å². The van der Waals surface area contributed by atoms with E-state index < -0.39 is 16.3 Å². The second kappa shape index (κ2) is 4.73. The predicted octanol–water partition coefficient (Wildman–Crippen LogP) is 1.26. The lowest BCUT2D eigenvalue weighted by atomic mass is 10.3. The number of anilines is 1. The maximum atomic E-state index is 11.9. The molecule has 0 radical (unpaired) electrons. The molecule has 1 N–H and O–H groups in total. The lowest BCUT2D eigenvalue weighted by Gasteiger charge is -2.16. The highest BCUT2D eigenvalue weighted by molar-refractivity contribution is 9.10. The molecule has 1 aliphatic rings. The van der Waals surface area contributed by atoms with Crippen molar-refractivity contribution in [2.45, 2.75) is 6.92 Å². The summed E-state index contributed by atoms with van der Waals surface area (Å²) in [4.78, 5) is 15.2. The zero-order valence-corrected chi connectivity index (χ0v) is 11.8. The van der Waals surface area contributed by atoms with Crippen molar-refractivity contribution >= 4 is 37.9 Å². The van der Waals surface area contributed by atoms with Crippen LogP contribution in [0, 0.1) is 6.92 Å². The van der Waals surface area contributed by atoms with Crippen LogP contribution in [0.25, 0.3) is 0 Å². The molecule has 0 aromatic carbocycles. The summed E-state index contributed by atoms with van der Waals surface area (Å²) >= 11 is 3.20. The zero-order valence-electron chi connectivity index (χ0n) is 9.38. The number of nitrogens with zero attached hydrogens (tertiary/aromatic N) is 2. The van der Waals surface area contributed by atoms with Crippen molar-refractivity contribution in [3.05, 3.63) is 22.4 Å². The lowest BCUT2D eigenvalue weighted by Crippen LogP contribution is -2.36. The number of aromatic nitrogens is 1. The van der Waals surface area contributed by atoms with Crippen LogP contribution in [0.4, 0.5) is 10.5 Å². The summed E-state index contributed by atoms with van der Waals surface area (Å²) in [6.45, 7) is 1.73. The van der Waals surface area contributed by atoms with Crippen LogP contribution < -0.4 is 4.72 Å². The van der Waals surface area contributed by atoms with Gasteiger partial charge in [-0.2, -0.15) is 12.7 Å². The van der Waals surface area contributed by atoms with Gasteiger partial charge in [-0.15, -0.1) is 0 Å². The number of hydrogen-bond acceptors (Lipinski definition) is 5. The van der Waals surface area contributed by atoms with Crippen molar-refractivity contribution in [1.29, 1.82) is 0 Å². The molecule has 1 saturated heterocycles. The van der Waals surface area contributed by atoms with Crippen molar-refractivity contribution in [2.24, 2.45) is 0 Å². The summed E-state index contributed by atoms with van der Waals surface area (Å²) in [5.41, 5.74) is 0.818. The number of rotatable bonds is 3. The summed E-state index contributed by atoms with van der Waals surface area (Å²) in [6, 6.07) is 1.57. The topological polar surface area (TPSA) is 88.6 Å². The van der Waals surface area contributed by atoms with Crippen molar-refractivity contribution in [2.75, 3.05) is 17.9 Å². The van der Waals surface area contributed by atoms with Gasteiger partial charge in [0.05, 0.1) is 17.9 Å². The van der Waals surface area contributed by atoms with Gasteiger partial charge in [0.1, 0.15) is 6.61 Å². The molecule has 1 amide bonds. The van der Waals surface area contributed by atoms with Crippen molar-refractivity contribution in [3.63, 3.8) is 0 Å². The highest BCUT2D eigenvalue weighted by Gasteiger charge is 2.33. The Hall–Kier alpha value is -1.35. The van der Waals surface area contributed by atoms with Gasteiger partial charge in [-0.05, 0) is 28.9 Å². The number of carbonyl (C=O) groups excluding carboxylic acids is 1. The number of cyclic esters (lactones) is 1. The normalized spacial score (nSPS) is 15.7. The van der Waals surface area contributed by atoms with Gasteiger partial charge in [0, 0.05) is 10.7 Å². The first kappa shape index (κ1) is 13.1. The Morgan fingerprint density at radius 1 is 1.56 bits per heavy atom. The number of carbonyl (C=O) groups is 1. The molecule has 0 atom stereocenters. The third-order valence-electron chi connectivity index (χ3n) is 2.31. The molecule has 0 saturated carbocycles. The smallest absolute Gasteiger partial charge is 0.425 e. The molecular formula is C9H10BrN3O4S. The number of nitrogens with one attached hydrogen (secondary N) is 1. The molecule has 98 valence electrons. The molecule has 7 nitrogen and oxygen atoms in total. The second-order valence-electron chi connectivity index (χ2n) is 3.58. The Kier molecular flexibility index (Phi) is 3.44. The van der Waals surface area contributed by atoms with E-state index in [-0.39, 0.29) is 13.2 Å². The zero-order chi connectivity index (χ0) is 13.3. The van der Waals surface area contributed by atoms with Gasteiger partial charge in [-0.1, -0.05) is 0 Å². The quantitative estimate of drug-likeness (QED) is 0.898. The highest BCUT2D eigenvalue weighted by atomic mass is 79.9. The maximum absolute atomic E-state index is 11.9. The minimum Gasteiger partial charge on any atom is -0.447 e. The Balaban J connectivity index is 2.27. The highest BCUT2D eigenvalue weighted by Crippen LogP contribution is 2.21. The van der Waals surface area contributed by atoms with E-state index in [9.17, 15) is 13.2 Å². The van der Waals surface area contributed by atoms with Crippen molar-refractivity contribution in [1.82, 2.24) is 9.29 Å². The molecule has 18 heavy (non-hydrogen) atoms. The van der Waals surface area contributed by atoms with E-state index >= 15 is 0 Å². The van der Waals surface area contributed by atoms with Crippen molar-refractivity contribution < 1.29 is 17.9 Å². The van der Waals surface area contributed by atoms with E-state index in [2.05, 4.69) is 30.4 Å². The van der Waals surface area contributed by atoms with E-state index in [1.54, 1.807) is 19.2 Å². The standard InChI is InChI=1S/C9H10BrN3O4S/c1-6-8(4-7(10)5-11-6)12-18(15,16)13-2-3-17-9(13)14/h4-5,12H,2-3H2,1H3. The predicted molar refractivity (Wildman–Crippen MR) is 67.3 cm³/mol. The van der Waals surface area contributed by atoms with Crippen LogP contribution in [-0.2, 0) is 14.9 Å². The Bertz CT molecular complexity index is 589. The number of ether oxygens (including phenoxy) is 1. The number of aryl methyl sites for hydroxylation is 1. The van der Waals surface area contributed by atoms with Crippen LogP contribution >= 0.6 is 15.9 Å². The molecule has 0 aliphatic carbocycles. The Labute approximate surface area is 112 Å². The van der Waals surface area contributed by atoms with Crippen LogP contribution in [0.15, 0.2) is 16.7 Å². The molecule has 2 rings (SSSR count). The van der Waals surface area contributed by atoms with Crippen LogP contribution in [0.2, 0.25) is 0 Å². The van der Waals surface area contributed by atoms with Crippen molar-refractivity contribution in [3.8, 4) is 0 Å². The molecule has 2 heterocycles. The first-order chi connectivity index (χ1) is 8.40. The monoisotopic (exact) mass is 335 g/mol. The van der Waals surface area contributed by atoms with Crippen LogP contribution in [-0.4, -0.2) is 37.0 Å². The summed E-state index contributed by atoms with van der Waals surface area (Å²) in [5.74, 6) is 0. The average molecular weight is 336 g/mol. The third kappa shape index (κ3) is 2.56. The molecule has 9 heteroatoms. The van der Waals surface area contributed by atoms with Gasteiger partial charge in [-0.25, -0.2) is 4.79 Å². The maximum Gasteiger partial charge on any atom is 0.425 e. The number of pyridine rings is 1. The van der Waals surface area contributed by atoms with E-state index in [0.29, 0.717) is 20.2 Å². The van der Waals surface area contributed by atoms with E-state index in [1.165, 1.54) is 0 Å². The average Bonchev–Trinajstić information content (AvgIpc) is 2.70. The Morgan fingerprint density at radius 2 is 2.28 bits per heavy atom. The minimum absolute atomic E-state index is 0.00858. The summed E-state index contributed by atoms with van der Waals surface area (Å²) in [6.07, 6.45) is 0.681. The van der Waals surface area contributed by atoms with Gasteiger partial charge in [0.15, 0.2) is 0 Å². The molecule has 1 aromatic heterocycles. The molecular weight excluding hydrogens is 326 g/mol. The van der Waals surface area contributed by atoms with Crippen LogP contribution in [0.5, 0.6) is 0 Å². The number of amides is 1. The van der Waals surface area contributed by atoms with Gasteiger partial charge in [-0.3, -0.25) is 9.71 Å². The molecule has 1 aromatic rings. The third-order valence-corrected chi connectivity index (χ3v) is 4.13. The van der Waals surface area contributed by atoms with Gasteiger partial charge in [0.2, 0.25) is 0 Å². The van der Waals surface area contributed by atoms with E-state index in [4.69, 9.17) is 0 Å². The fraction of sp³-hybridized carbons (Fsp3) is 0.333. The van der Waals surface area contributed by atoms with Crippen LogP contribution in [0.3, 0.4) is 0 Å². The molecule has 1 aliphatic heterocycles. The van der Waals surface area contributed by atoms with E-state index in [1.807, 2.05) is 0 Å². The fourth-order valence-corrected chi connectivity index (χ4v) is 2.89. The van der Waals surface area contributed by atoms with Gasteiger partial charge < -0.3 is 4.74 Å². The summed E-state index contributed by atoms with van der Waals surface area (Å²) < 4.78 is 32.1. The Morgan fingerprint density at radius 3 is 2.89 bits per heavy atom. The number of hydrogen-bond donors (Lipinski definition) is 1. The largest absolute Gasteiger partial charge is 0.447 e. The minimum atomic E-state index is -3.95. The lowest BCUT2D eigenvalue weighted by molar-refractivity contribution is 0.170. The van der Waals surface area contributed by atoms with Gasteiger partial charge in [0.25, 0.3) is 0 Å². The van der Waals surface area contributed by atoms with Crippen LogP contribution in [0.1, 0.15) is 5.69 Å². The molecule has 0 unspecified atom stereocenters. The first-order valence-electron chi connectivity index (χ1n) is 4.99. The molecule has 1 fully saturated rings.